The zero-order valence-electron chi connectivity index (χ0n) is 9.04. The van der Waals surface area contributed by atoms with Gasteiger partial charge in [0.2, 0.25) is 0 Å². The lowest BCUT2D eigenvalue weighted by Gasteiger charge is -2.12. The van der Waals surface area contributed by atoms with E-state index in [1.54, 1.807) is 0 Å². The van der Waals surface area contributed by atoms with Crippen molar-refractivity contribution in [2.75, 3.05) is 0 Å². The predicted molar refractivity (Wildman–Crippen MR) is 72.4 cm³/mol. The molecule has 6 heteroatoms. The predicted octanol–water partition coefficient (Wildman–Crippen LogP) is 2.50. The topological polar surface area (TPSA) is 55.1 Å². The van der Waals surface area contributed by atoms with Gasteiger partial charge in [0.1, 0.15) is 4.88 Å². The van der Waals surface area contributed by atoms with Crippen LogP contribution in [0.1, 0.15) is 28.6 Å². The number of carbonyl (C=O) groups excluding carboxylic acids is 1. The van der Waals surface area contributed by atoms with Crippen LogP contribution in [0.25, 0.3) is 0 Å². The van der Waals surface area contributed by atoms with Crippen LogP contribution >= 0.6 is 35.2 Å². The van der Waals surface area contributed by atoms with Crippen LogP contribution in [-0.2, 0) is 0 Å². The number of hydrogen-bond acceptors (Lipinski definition) is 3. The van der Waals surface area contributed by atoms with Gasteiger partial charge in [0.25, 0.3) is 5.91 Å². The lowest BCUT2D eigenvalue weighted by Crippen LogP contribution is -2.35. The molecule has 0 aliphatic rings. The van der Waals surface area contributed by atoms with Gasteiger partial charge in [-0.25, -0.2) is 0 Å². The normalized spacial score (nSPS) is 12.2. The molecule has 0 bridgehead atoms. The minimum absolute atomic E-state index is 0.0801. The van der Waals surface area contributed by atoms with Crippen LogP contribution in [0, 0.1) is 6.92 Å². The second-order valence-electron chi connectivity index (χ2n) is 3.61. The van der Waals surface area contributed by atoms with E-state index in [0.29, 0.717) is 21.3 Å². The highest BCUT2D eigenvalue weighted by Gasteiger charge is 2.16. The molecule has 0 saturated heterocycles. The van der Waals surface area contributed by atoms with E-state index in [9.17, 15) is 4.79 Å². The van der Waals surface area contributed by atoms with Crippen molar-refractivity contribution in [1.82, 2.24) is 5.32 Å². The van der Waals surface area contributed by atoms with Crippen LogP contribution in [0.5, 0.6) is 0 Å². The Bertz CT molecular complexity index is 417. The van der Waals surface area contributed by atoms with Crippen molar-refractivity contribution in [1.29, 1.82) is 0 Å². The number of halogens is 1. The first-order valence-corrected chi connectivity index (χ1v) is 6.41. The monoisotopic (exact) mass is 276 g/mol. The van der Waals surface area contributed by atoms with Crippen molar-refractivity contribution in [2.24, 2.45) is 5.73 Å². The molecule has 1 amide bonds. The molecule has 0 aromatic carbocycles. The van der Waals surface area contributed by atoms with Crippen LogP contribution in [0.4, 0.5) is 0 Å². The van der Waals surface area contributed by atoms with Gasteiger partial charge in [-0.2, -0.15) is 0 Å². The second kappa shape index (κ2) is 5.61. The Kier molecular flexibility index (Phi) is 4.70. The van der Waals surface area contributed by atoms with Gasteiger partial charge in [0.05, 0.1) is 10.0 Å². The van der Waals surface area contributed by atoms with Gasteiger partial charge in [-0.05, 0) is 24.8 Å². The molecule has 88 valence electrons. The van der Waals surface area contributed by atoms with Crippen molar-refractivity contribution in [2.45, 2.75) is 26.3 Å². The standard InChI is InChI=1S/C10H13ClN2OS2/c1-5-4-16-9(8(5)11)10(14)13-6(2)3-7(12)15/h4,6H,3H2,1-2H3,(H2,12,15)(H,13,14). The maximum Gasteiger partial charge on any atom is 0.263 e. The molecule has 16 heavy (non-hydrogen) atoms. The molecule has 0 saturated carbocycles. The summed E-state index contributed by atoms with van der Waals surface area (Å²) >= 11 is 12.1. The second-order valence-corrected chi connectivity index (χ2v) is 5.39. The quantitative estimate of drug-likeness (QED) is 0.831. The average molecular weight is 277 g/mol. The lowest BCUT2D eigenvalue weighted by atomic mass is 10.2. The summed E-state index contributed by atoms with van der Waals surface area (Å²) in [6, 6.07) is -0.0801. The van der Waals surface area contributed by atoms with Gasteiger partial charge in [0.15, 0.2) is 0 Å². The zero-order valence-corrected chi connectivity index (χ0v) is 11.4. The summed E-state index contributed by atoms with van der Waals surface area (Å²) in [6.07, 6.45) is 0.489. The van der Waals surface area contributed by atoms with E-state index < -0.39 is 0 Å². The Labute approximate surface area is 109 Å². The number of thiocarbonyl (C=S) groups is 1. The van der Waals surface area contributed by atoms with Crippen LogP contribution in [0.2, 0.25) is 5.02 Å². The first kappa shape index (κ1) is 13.4. The van der Waals surface area contributed by atoms with Crippen molar-refractivity contribution in [3.05, 3.63) is 20.8 Å². The fourth-order valence-electron chi connectivity index (χ4n) is 1.23. The van der Waals surface area contributed by atoms with Crippen LogP contribution < -0.4 is 11.1 Å². The Hall–Kier alpha value is -0.650. The molecule has 1 rings (SSSR count). The first-order chi connectivity index (χ1) is 7.41. The van der Waals surface area contributed by atoms with E-state index in [4.69, 9.17) is 29.6 Å². The minimum atomic E-state index is -0.174. The highest BCUT2D eigenvalue weighted by atomic mass is 35.5. The molecule has 3 nitrogen and oxygen atoms in total. The average Bonchev–Trinajstić information content (AvgIpc) is 2.45. The summed E-state index contributed by atoms with van der Waals surface area (Å²) in [5.41, 5.74) is 6.31. The molecule has 3 N–H and O–H groups in total. The highest BCUT2D eigenvalue weighted by Crippen LogP contribution is 2.26. The van der Waals surface area contributed by atoms with Gasteiger partial charge < -0.3 is 11.1 Å². The summed E-state index contributed by atoms with van der Waals surface area (Å²) in [5, 5.41) is 5.18. The van der Waals surface area contributed by atoms with E-state index in [1.807, 2.05) is 19.2 Å². The number of hydrogen-bond donors (Lipinski definition) is 2. The molecule has 1 heterocycles. The molecule has 1 atom stereocenters. The van der Waals surface area contributed by atoms with Crippen molar-refractivity contribution in [3.8, 4) is 0 Å². The zero-order chi connectivity index (χ0) is 12.3. The third-order valence-corrected chi connectivity index (χ3v) is 3.85. The number of carbonyl (C=O) groups is 1. The van der Waals surface area contributed by atoms with Crippen molar-refractivity contribution in [3.63, 3.8) is 0 Å². The number of amides is 1. The Morgan fingerprint density at radius 1 is 1.75 bits per heavy atom. The Morgan fingerprint density at radius 2 is 2.38 bits per heavy atom. The van der Waals surface area contributed by atoms with Crippen molar-refractivity contribution >= 4 is 46.1 Å². The van der Waals surface area contributed by atoms with E-state index in [2.05, 4.69) is 5.32 Å². The van der Waals surface area contributed by atoms with E-state index in [-0.39, 0.29) is 11.9 Å². The number of nitrogens with one attached hydrogen (secondary N) is 1. The summed E-state index contributed by atoms with van der Waals surface area (Å²) < 4.78 is 0. The molecule has 0 radical (unpaired) electrons. The number of thiophene rings is 1. The molecule has 1 aromatic rings. The first-order valence-electron chi connectivity index (χ1n) is 4.74. The Balaban J connectivity index is 2.66. The SMILES string of the molecule is Cc1csc(C(=O)NC(C)CC(N)=S)c1Cl. The summed E-state index contributed by atoms with van der Waals surface area (Å²) in [7, 11) is 0. The molecule has 0 aliphatic carbocycles. The fourth-order valence-corrected chi connectivity index (χ4v) is 2.66. The van der Waals surface area contributed by atoms with Crippen LogP contribution in [0.3, 0.4) is 0 Å². The van der Waals surface area contributed by atoms with E-state index in [1.165, 1.54) is 11.3 Å². The highest BCUT2D eigenvalue weighted by molar-refractivity contribution is 7.80. The summed E-state index contributed by atoms with van der Waals surface area (Å²) in [6.45, 7) is 3.72. The summed E-state index contributed by atoms with van der Waals surface area (Å²) in [4.78, 5) is 12.7. The minimum Gasteiger partial charge on any atom is -0.393 e. The molecular weight excluding hydrogens is 264 g/mol. The van der Waals surface area contributed by atoms with E-state index >= 15 is 0 Å². The van der Waals surface area contributed by atoms with Gasteiger partial charge in [-0.15, -0.1) is 11.3 Å². The Morgan fingerprint density at radius 3 is 2.81 bits per heavy atom. The van der Waals surface area contributed by atoms with Gasteiger partial charge in [-0.1, -0.05) is 23.8 Å². The number of aryl methyl sites for hydroxylation is 1. The smallest absolute Gasteiger partial charge is 0.263 e. The molecule has 1 unspecified atom stereocenters. The number of nitrogens with two attached hydrogens (primary N) is 1. The molecule has 0 aliphatic heterocycles. The fraction of sp³-hybridized carbons (Fsp3) is 0.400. The molecule has 0 spiro atoms. The molecular formula is C10H13ClN2OS2. The molecule has 0 fully saturated rings. The van der Waals surface area contributed by atoms with Gasteiger partial charge >= 0.3 is 0 Å². The van der Waals surface area contributed by atoms with Crippen molar-refractivity contribution < 1.29 is 4.79 Å². The third kappa shape index (κ3) is 3.43. The largest absolute Gasteiger partial charge is 0.393 e. The van der Waals surface area contributed by atoms with Gasteiger partial charge in [0, 0.05) is 12.5 Å². The lowest BCUT2D eigenvalue weighted by molar-refractivity contribution is 0.0945. The summed E-state index contributed by atoms with van der Waals surface area (Å²) in [5.74, 6) is -0.174. The maximum absolute atomic E-state index is 11.8. The maximum atomic E-state index is 11.8. The van der Waals surface area contributed by atoms with Crippen LogP contribution in [0.15, 0.2) is 5.38 Å². The molecule has 1 aromatic heterocycles. The van der Waals surface area contributed by atoms with Crippen LogP contribution in [-0.4, -0.2) is 16.9 Å². The van der Waals surface area contributed by atoms with Gasteiger partial charge in [-0.3, -0.25) is 4.79 Å². The number of rotatable bonds is 4. The third-order valence-electron chi connectivity index (χ3n) is 1.99. The van der Waals surface area contributed by atoms with E-state index in [0.717, 1.165) is 5.56 Å².